The average molecular weight is 249 g/mol. The Balaban J connectivity index is 2.10. The third kappa shape index (κ3) is 2.85. The quantitative estimate of drug-likeness (QED) is 0.890. The van der Waals surface area contributed by atoms with E-state index in [0.717, 1.165) is 18.8 Å². The van der Waals surface area contributed by atoms with Gasteiger partial charge in [0, 0.05) is 24.3 Å². The molecule has 0 aliphatic carbocycles. The van der Waals surface area contributed by atoms with Gasteiger partial charge in [0.1, 0.15) is 5.75 Å². The molecule has 1 fully saturated rings. The lowest BCUT2D eigenvalue weighted by Crippen LogP contribution is -2.36. The van der Waals surface area contributed by atoms with Crippen molar-refractivity contribution in [3.63, 3.8) is 0 Å². The molecule has 3 atom stereocenters. The summed E-state index contributed by atoms with van der Waals surface area (Å²) in [6.07, 6.45) is 1.38. The van der Waals surface area contributed by atoms with E-state index < -0.39 is 0 Å². The van der Waals surface area contributed by atoms with Crippen molar-refractivity contribution in [3.8, 4) is 5.75 Å². The van der Waals surface area contributed by atoms with Crippen LogP contribution >= 0.6 is 0 Å². The Morgan fingerprint density at radius 3 is 2.83 bits per heavy atom. The van der Waals surface area contributed by atoms with Crippen LogP contribution in [0.3, 0.4) is 0 Å². The van der Waals surface area contributed by atoms with Crippen LogP contribution in [0.5, 0.6) is 5.75 Å². The molecule has 1 aromatic rings. The number of hydrogen-bond donors (Lipinski definition) is 1. The van der Waals surface area contributed by atoms with Gasteiger partial charge in [0.2, 0.25) is 0 Å². The van der Waals surface area contributed by atoms with Gasteiger partial charge in [-0.3, -0.25) is 0 Å². The van der Waals surface area contributed by atoms with Gasteiger partial charge in [0.25, 0.3) is 0 Å². The van der Waals surface area contributed by atoms with Gasteiger partial charge >= 0.3 is 0 Å². The van der Waals surface area contributed by atoms with Gasteiger partial charge in [-0.05, 0) is 38.8 Å². The van der Waals surface area contributed by atoms with Gasteiger partial charge in [-0.2, -0.15) is 0 Å². The topological polar surface area (TPSA) is 30.5 Å². The highest BCUT2D eigenvalue weighted by atomic mass is 16.5. The van der Waals surface area contributed by atoms with E-state index in [1.807, 2.05) is 0 Å². The lowest BCUT2D eigenvalue weighted by molar-refractivity contribution is 0.111. The van der Waals surface area contributed by atoms with E-state index in [9.17, 15) is 0 Å². The van der Waals surface area contributed by atoms with E-state index in [-0.39, 0.29) is 6.04 Å². The molecule has 2 rings (SSSR count). The number of hydrogen-bond acceptors (Lipinski definition) is 3. The van der Waals surface area contributed by atoms with Gasteiger partial charge in [-0.25, -0.2) is 0 Å². The third-order valence-corrected chi connectivity index (χ3v) is 3.70. The molecule has 18 heavy (non-hydrogen) atoms. The second-order valence-corrected chi connectivity index (χ2v) is 5.10. The van der Waals surface area contributed by atoms with Gasteiger partial charge < -0.3 is 14.8 Å². The smallest absolute Gasteiger partial charge is 0.123 e. The maximum atomic E-state index is 5.58. The largest absolute Gasteiger partial charge is 0.496 e. The van der Waals surface area contributed by atoms with Gasteiger partial charge in [-0.15, -0.1) is 0 Å². The second kappa shape index (κ2) is 5.72. The van der Waals surface area contributed by atoms with Crippen LogP contribution in [-0.4, -0.2) is 25.9 Å². The molecular weight excluding hydrogens is 226 g/mol. The Bertz CT molecular complexity index is 405. The van der Waals surface area contributed by atoms with Crippen LogP contribution in [0, 0.1) is 6.92 Å². The van der Waals surface area contributed by atoms with E-state index in [4.69, 9.17) is 9.47 Å². The second-order valence-electron chi connectivity index (χ2n) is 5.10. The molecule has 0 spiro atoms. The van der Waals surface area contributed by atoms with Crippen molar-refractivity contribution < 1.29 is 9.47 Å². The normalized spacial score (nSPS) is 25.1. The van der Waals surface area contributed by atoms with Crippen molar-refractivity contribution in [2.45, 2.75) is 45.4 Å². The third-order valence-electron chi connectivity index (χ3n) is 3.70. The molecular formula is C15H23NO2. The van der Waals surface area contributed by atoms with E-state index >= 15 is 0 Å². The first-order valence-electron chi connectivity index (χ1n) is 6.64. The van der Waals surface area contributed by atoms with Crippen molar-refractivity contribution >= 4 is 0 Å². The minimum atomic E-state index is 0.273. The maximum absolute atomic E-state index is 5.58. The number of benzene rings is 1. The first-order chi connectivity index (χ1) is 8.61. The van der Waals surface area contributed by atoms with Crippen LogP contribution in [0.15, 0.2) is 18.2 Å². The van der Waals surface area contributed by atoms with Crippen LogP contribution in [-0.2, 0) is 4.74 Å². The van der Waals surface area contributed by atoms with Gasteiger partial charge in [0.05, 0.1) is 13.2 Å². The molecule has 3 nitrogen and oxygen atoms in total. The van der Waals surface area contributed by atoms with Crippen LogP contribution in [0.2, 0.25) is 0 Å². The fourth-order valence-electron chi connectivity index (χ4n) is 2.54. The Kier molecular flexibility index (Phi) is 4.25. The average Bonchev–Trinajstić information content (AvgIpc) is 2.74. The molecule has 100 valence electrons. The lowest BCUT2D eigenvalue weighted by atomic mass is 10.0. The summed E-state index contributed by atoms with van der Waals surface area (Å²) in [5, 5.41) is 3.63. The molecule has 3 unspecified atom stereocenters. The lowest BCUT2D eigenvalue weighted by Gasteiger charge is -2.23. The zero-order chi connectivity index (χ0) is 13.1. The molecule has 1 aliphatic heterocycles. The highest BCUT2D eigenvalue weighted by Gasteiger charge is 2.26. The number of rotatable bonds is 4. The monoisotopic (exact) mass is 249 g/mol. The fourth-order valence-corrected chi connectivity index (χ4v) is 2.54. The molecule has 0 saturated carbocycles. The van der Waals surface area contributed by atoms with Gasteiger partial charge in [0.15, 0.2) is 0 Å². The molecule has 1 N–H and O–H groups in total. The molecule has 1 aromatic carbocycles. The van der Waals surface area contributed by atoms with Crippen molar-refractivity contribution in [3.05, 3.63) is 29.3 Å². The van der Waals surface area contributed by atoms with E-state index in [1.54, 1.807) is 7.11 Å². The first-order valence-corrected chi connectivity index (χ1v) is 6.64. The van der Waals surface area contributed by atoms with Crippen molar-refractivity contribution in [1.29, 1.82) is 0 Å². The Morgan fingerprint density at radius 2 is 2.22 bits per heavy atom. The van der Waals surface area contributed by atoms with E-state index in [0.29, 0.717) is 12.1 Å². The van der Waals surface area contributed by atoms with Crippen LogP contribution in [0.1, 0.15) is 37.4 Å². The summed E-state index contributed by atoms with van der Waals surface area (Å²) in [4.78, 5) is 0. The molecule has 0 radical (unpaired) electrons. The first kappa shape index (κ1) is 13.4. The van der Waals surface area contributed by atoms with E-state index in [1.165, 1.54) is 11.1 Å². The summed E-state index contributed by atoms with van der Waals surface area (Å²) < 4.78 is 11.1. The fraction of sp³-hybridized carbons (Fsp3) is 0.600. The molecule has 3 heteroatoms. The van der Waals surface area contributed by atoms with Crippen molar-refractivity contribution in [2.75, 3.05) is 13.7 Å². The van der Waals surface area contributed by atoms with Crippen LogP contribution in [0.25, 0.3) is 0 Å². The summed E-state index contributed by atoms with van der Waals surface area (Å²) in [6.45, 7) is 7.25. The number of aryl methyl sites for hydroxylation is 1. The summed E-state index contributed by atoms with van der Waals surface area (Å²) in [5.41, 5.74) is 2.43. The molecule has 0 amide bonds. The molecule has 0 aromatic heterocycles. The van der Waals surface area contributed by atoms with Gasteiger partial charge in [-0.1, -0.05) is 12.1 Å². The van der Waals surface area contributed by atoms with E-state index in [2.05, 4.69) is 44.3 Å². The molecule has 1 heterocycles. The Labute approximate surface area is 109 Å². The summed E-state index contributed by atoms with van der Waals surface area (Å²) >= 11 is 0. The zero-order valence-corrected chi connectivity index (χ0v) is 11.7. The highest BCUT2D eigenvalue weighted by molar-refractivity contribution is 5.39. The van der Waals surface area contributed by atoms with Crippen molar-refractivity contribution in [2.24, 2.45) is 0 Å². The zero-order valence-electron chi connectivity index (χ0n) is 11.7. The van der Waals surface area contributed by atoms with Crippen LogP contribution < -0.4 is 10.1 Å². The number of nitrogens with one attached hydrogen (secondary N) is 1. The highest BCUT2D eigenvalue weighted by Crippen LogP contribution is 2.27. The predicted octanol–water partition coefficient (Wildman–Crippen LogP) is 2.83. The Hall–Kier alpha value is -1.06. The van der Waals surface area contributed by atoms with Crippen molar-refractivity contribution in [1.82, 2.24) is 5.32 Å². The molecule has 1 saturated heterocycles. The number of methoxy groups -OCH3 is 1. The minimum absolute atomic E-state index is 0.273. The number of ether oxygens (including phenoxy) is 2. The minimum Gasteiger partial charge on any atom is -0.496 e. The summed E-state index contributed by atoms with van der Waals surface area (Å²) in [7, 11) is 1.73. The SMILES string of the molecule is COc1cc(C)ccc1C(C)NC1CCOC1C. The maximum Gasteiger partial charge on any atom is 0.123 e. The van der Waals surface area contributed by atoms with Crippen LogP contribution in [0.4, 0.5) is 0 Å². The molecule has 1 aliphatic rings. The predicted molar refractivity (Wildman–Crippen MR) is 73.1 cm³/mol. The summed E-state index contributed by atoms with van der Waals surface area (Å²) in [5.74, 6) is 0.960. The molecule has 0 bridgehead atoms. The Morgan fingerprint density at radius 1 is 1.44 bits per heavy atom. The standard InChI is InChI=1S/C15H23NO2/c1-10-5-6-13(15(9-10)17-4)11(2)16-14-7-8-18-12(14)3/h5-6,9,11-12,14,16H,7-8H2,1-4H3. The summed E-state index contributed by atoms with van der Waals surface area (Å²) in [6, 6.07) is 7.07.